The van der Waals surface area contributed by atoms with Crippen molar-refractivity contribution in [3.63, 3.8) is 0 Å². The number of hydrogen-bond acceptors (Lipinski definition) is 3. The molecule has 2 amide bonds. The monoisotopic (exact) mass is 399 g/mol. The van der Waals surface area contributed by atoms with Crippen molar-refractivity contribution < 1.29 is 9.59 Å². The van der Waals surface area contributed by atoms with Crippen LogP contribution in [0.1, 0.15) is 48.7 Å². The minimum Gasteiger partial charge on any atom is -0.349 e. The number of likely N-dealkylation sites (tertiary alicyclic amines) is 1. The molecule has 0 aliphatic carbocycles. The highest BCUT2D eigenvalue weighted by Crippen LogP contribution is 2.26. The average Bonchev–Trinajstić information content (AvgIpc) is 2.72. The summed E-state index contributed by atoms with van der Waals surface area (Å²) in [4.78, 5) is 31.2. The predicted molar refractivity (Wildman–Crippen MR) is 110 cm³/mol. The van der Waals surface area contributed by atoms with Gasteiger partial charge in [0, 0.05) is 36.4 Å². The summed E-state index contributed by atoms with van der Waals surface area (Å²) in [5.74, 6) is 0.221. The van der Waals surface area contributed by atoms with Gasteiger partial charge in [-0.1, -0.05) is 37.6 Å². The molecule has 1 N–H and O–H groups in total. The molecule has 28 heavy (non-hydrogen) atoms. The average molecular weight is 400 g/mol. The number of pyridine rings is 1. The fraction of sp³-hybridized carbons (Fsp3) is 0.409. The van der Waals surface area contributed by atoms with Gasteiger partial charge < -0.3 is 10.2 Å². The summed E-state index contributed by atoms with van der Waals surface area (Å²) in [6.45, 7) is 5.35. The van der Waals surface area contributed by atoms with Gasteiger partial charge in [0.15, 0.2) is 0 Å². The van der Waals surface area contributed by atoms with E-state index in [2.05, 4.69) is 24.1 Å². The third-order valence-electron chi connectivity index (χ3n) is 5.25. The van der Waals surface area contributed by atoms with E-state index in [1.807, 2.05) is 24.3 Å². The van der Waals surface area contributed by atoms with E-state index in [4.69, 9.17) is 11.6 Å². The first-order valence-electron chi connectivity index (χ1n) is 9.71. The van der Waals surface area contributed by atoms with Crippen LogP contribution in [-0.2, 0) is 4.79 Å². The minimum atomic E-state index is -0.0773. The molecule has 0 bridgehead atoms. The maximum absolute atomic E-state index is 12.8. The Labute approximate surface area is 171 Å². The van der Waals surface area contributed by atoms with Crippen molar-refractivity contribution >= 4 is 23.4 Å². The first kappa shape index (κ1) is 20.3. The predicted octanol–water partition coefficient (Wildman–Crippen LogP) is 4.10. The highest BCUT2D eigenvalue weighted by atomic mass is 35.5. The lowest BCUT2D eigenvalue weighted by Crippen LogP contribution is -2.44. The largest absolute Gasteiger partial charge is 0.349 e. The molecule has 5 nitrogen and oxygen atoms in total. The Morgan fingerprint density at radius 3 is 2.39 bits per heavy atom. The van der Waals surface area contributed by atoms with Crippen LogP contribution in [0.25, 0.3) is 0 Å². The second-order valence-corrected chi connectivity index (χ2v) is 8.03. The van der Waals surface area contributed by atoms with Crippen LogP contribution in [0.5, 0.6) is 0 Å². The van der Waals surface area contributed by atoms with Gasteiger partial charge >= 0.3 is 0 Å². The van der Waals surface area contributed by atoms with Crippen LogP contribution in [0.3, 0.4) is 0 Å². The molecule has 2 aromatic rings. The molecular weight excluding hydrogens is 374 g/mol. The maximum atomic E-state index is 12.8. The number of carbonyl (C=O) groups is 2. The summed E-state index contributed by atoms with van der Waals surface area (Å²) in [6.07, 6.45) is 4.58. The lowest BCUT2D eigenvalue weighted by atomic mass is 9.92. The molecule has 1 saturated heterocycles. The number of benzene rings is 1. The molecule has 1 aliphatic rings. The normalized spacial score (nSPS) is 16.1. The first-order chi connectivity index (χ1) is 13.5. The molecule has 1 aromatic carbocycles. The molecule has 1 aromatic heterocycles. The Hall–Kier alpha value is -2.40. The van der Waals surface area contributed by atoms with Gasteiger partial charge in [-0.05, 0) is 48.6 Å². The van der Waals surface area contributed by atoms with Crippen molar-refractivity contribution in [1.29, 1.82) is 0 Å². The molecule has 0 radical (unpaired) electrons. The smallest absolute Gasteiger partial charge is 0.255 e. The van der Waals surface area contributed by atoms with Crippen LogP contribution in [0, 0.1) is 11.8 Å². The fourth-order valence-corrected chi connectivity index (χ4v) is 3.72. The molecule has 1 aliphatic heterocycles. The van der Waals surface area contributed by atoms with Gasteiger partial charge in [-0.25, -0.2) is 0 Å². The third kappa shape index (κ3) is 4.90. The fourth-order valence-electron chi connectivity index (χ4n) is 3.59. The Balaban J connectivity index is 1.58. The molecule has 2 heterocycles. The minimum absolute atomic E-state index is 0.0202. The summed E-state index contributed by atoms with van der Waals surface area (Å²) in [7, 11) is 0. The SMILES string of the molecule is CC(C)[C@@H](NC(=O)C1CCN(C(=O)c2cccnc2)CC1)c1ccc(Cl)cc1. The molecular formula is C22H26ClN3O2. The number of nitrogens with zero attached hydrogens (tertiary/aromatic N) is 2. The third-order valence-corrected chi connectivity index (χ3v) is 5.51. The van der Waals surface area contributed by atoms with Crippen molar-refractivity contribution in [2.45, 2.75) is 32.7 Å². The number of nitrogens with one attached hydrogen (secondary N) is 1. The molecule has 6 heteroatoms. The lowest BCUT2D eigenvalue weighted by molar-refractivity contribution is -0.127. The summed E-state index contributed by atoms with van der Waals surface area (Å²) in [5, 5.41) is 3.89. The molecule has 1 atom stereocenters. The van der Waals surface area contributed by atoms with Gasteiger partial charge in [0.1, 0.15) is 0 Å². The van der Waals surface area contributed by atoms with E-state index in [0.717, 1.165) is 5.56 Å². The van der Waals surface area contributed by atoms with Crippen molar-refractivity contribution in [3.8, 4) is 0 Å². The molecule has 0 saturated carbocycles. The molecule has 3 rings (SSSR count). The van der Waals surface area contributed by atoms with E-state index in [1.165, 1.54) is 0 Å². The lowest BCUT2D eigenvalue weighted by Gasteiger charge is -2.33. The van der Waals surface area contributed by atoms with Crippen LogP contribution in [0.2, 0.25) is 5.02 Å². The Kier molecular flexibility index (Phi) is 6.68. The van der Waals surface area contributed by atoms with E-state index in [9.17, 15) is 9.59 Å². The van der Waals surface area contributed by atoms with Gasteiger partial charge in [-0.2, -0.15) is 0 Å². The number of amides is 2. The Bertz CT molecular complexity index is 800. The highest BCUT2D eigenvalue weighted by Gasteiger charge is 2.29. The standard InChI is InChI=1S/C22H26ClN3O2/c1-15(2)20(16-5-7-19(23)8-6-16)25-21(27)17-9-12-26(13-10-17)22(28)18-4-3-11-24-14-18/h3-8,11,14-15,17,20H,9-10,12-13H2,1-2H3,(H,25,27)/t20-/m1/s1. The van der Waals surface area contributed by atoms with E-state index in [-0.39, 0.29) is 29.7 Å². The highest BCUT2D eigenvalue weighted by molar-refractivity contribution is 6.30. The topological polar surface area (TPSA) is 62.3 Å². The number of aromatic nitrogens is 1. The van der Waals surface area contributed by atoms with Crippen molar-refractivity contribution in [2.75, 3.05) is 13.1 Å². The number of rotatable bonds is 5. The molecule has 1 fully saturated rings. The van der Waals surface area contributed by atoms with Crippen molar-refractivity contribution in [2.24, 2.45) is 11.8 Å². The van der Waals surface area contributed by atoms with E-state index < -0.39 is 0 Å². The van der Waals surface area contributed by atoms with Gasteiger partial charge in [-0.15, -0.1) is 0 Å². The van der Waals surface area contributed by atoms with Crippen molar-refractivity contribution in [3.05, 3.63) is 64.9 Å². The number of hydrogen-bond donors (Lipinski definition) is 1. The van der Waals surface area contributed by atoms with Gasteiger partial charge in [0.2, 0.25) is 5.91 Å². The first-order valence-corrected chi connectivity index (χ1v) is 10.1. The Morgan fingerprint density at radius 2 is 1.82 bits per heavy atom. The number of halogens is 1. The Morgan fingerprint density at radius 1 is 1.14 bits per heavy atom. The molecule has 148 valence electrons. The van der Waals surface area contributed by atoms with Crippen LogP contribution < -0.4 is 5.32 Å². The second-order valence-electron chi connectivity index (χ2n) is 7.59. The van der Waals surface area contributed by atoms with Crippen LogP contribution >= 0.6 is 11.6 Å². The summed E-state index contributed by atoms with van der Waals surface area (Å²) in [5.41, 5.74) is 1.64. The van der Waals surface area contributed by atoms with E-state index in [1.54, 1.807) is 29.4 Å². The van der Waals surface area contributed by atoms with Crippen molar-refractivity contribution in [1.82, 2.24) is 15.2 Å². The van der Waals surface area contributed by atoms with Gasteiger partial charge in [0.25, 0.3) is 5.91 Å². The zero-order valence-electron chi connectivity index (χ0n) is 16.3. The summed E-state index contributed by atoms with van der Waals surface area (Å²) in [6, 6.07) is 11.1. The molecule has 0 spiro atoms. The van der Waals surface area contributed by atoms with Gasteiger partial charge in [-0.3, -0.25) is 14.6 Å². The summed E-state index contributed by atoms with van der Waals surface area (Å²) >= 11 is 5.98. The zero-order chi connectivity index (χ0) is 20.1. The number of carbonyl (C=O) groups excluding carboxylic acids is 2. The number of piperidine rings is 1. The quantitative estimate of drug-likeness (QED) is 0.823. The van der Waals surface area contributed by atoms with Crippen LogP contribution in [-0.4, -0.2) is 34.8 Å². The zero-order valence-corrected chi connectivity index (χ0v) is 17.0. The van der Waals surface area contributed by atoms with E-state index >= 15 is 0 Å². The maximum Gasteiger partial charge on any atom is 0.255 e. The summed E-state index contributed by atoms with van der Waals surface area (Å²) < 4.78 is 0. The van der Waals surface area contributed by atoms with Crippen LogP contribution in [0.4, 0.5) is 0 Å². The van der Waals surface area contributed by atoms with E-state index in [0.29, 0.717) is 36.5 Å². The molecule has 0 unspecified atom stereocenters. The second kappa shape index (κ2) is 9.20. The van der Waals surface area contributed by atoms with Crippen LogP contribution in [0.15, 0.2) is 48.8 Å². The van der Waals surface area contributed by atoms with Gasteiger partial charge in [0.05, 0.1) is 11.6 Å².